The third-order valence-electron chi connectivity index (χ3n) is 3.67. The summed E-state index contributed by atoms with van der Waals surface area (Å²) in [6.45, 7) is 0.732. The van der Waals surface area contributed by atoms with Crippen molar-refractivity contribution in [3.8, 4) is 5.75 Å². The molecular weight excluding hydrogens is 391 g/mol. The second-order valence-corrected chi connectivity index (χ2v) is 7.03. The number of hydrogen-bond donors (Lipinski definition) is 0. The topological polar surface area (TPSA) is 41.9 Å². The van der Waals surface area contributed by atoms with Crippen LogP contribution in [0.1, 0.15) is 5.56 Å². The first-order chi connectivity index (χ1) is 12.6. The maximum absolute atomic E-state index is 12.7. The van der Waals surface area contributed by atoms with E-state index in [1.54, 1.807) is 29.2 Å². The van der Waals surface area contributed by atoms with Crippen molar-refractivity contribution in [3.63, 3.8) is 0 Å². The molecule has 1 aliphatic heterocycles. The number of nitrogens with zero attached hydrogens (tertiary/aromatic N) is 2. The molecule has 26 heavy (non-hydrogen) atoms. The molecule has 7 heteroatoms. The number of ether oxygens (including phenoxy) is 1. The Labute approximate surface area is 166 Å². The van der Waals surface area contributed by atoms with Crippen LogP contribution in [0.4, 0.5) is 0 Å². The Morgan fingerprint density at radius 2 is 2.00 bits per heavy atom. The number of carbonyl (C=O) groups is 1. The first-order valence-corrected chi connectivity index (χ1v) is 9.85. The number of amides is 1. The zero-order valence-electron chi connectivity index (χ0n) is 14.0. The predicted molar refractivity (Wildman–Crippen MR) is 109 cm³/mol. The zero-order valence-corrected chi connectivity index (χ0v) is 16.3. The van der Waals surface area contributed by atoms with Gasteiger partial charge in [0.1, 0.15) is 18.1 Å². The molecule has 0 bridgehead atoms. The number of thioether (sulfide) groups is 1. The molecule has 2 aromatic rings. The lowest BCUT2D eigenvalue weighted by atomic mass is 10.2. The van der Waals surface area contributed by atoms with E-state index in [2.05, 4.69) is 4.99 Å². The van der Waals surface area contributed by atoms with Gasteiger partial charge in [0.15, 0.2) is 5.17 Å². The minimum Gasteiger partial charge on any atom is -0.492 e. The van der Waals surface area contributed by atoms with Gasteiger partial charge in [-0.2, -0.15) is 0 Å². The van der Waals surface area contributed by atoms with Gasteiger partial charge in [-0.25, -0.2) is 4.99 Å². The second kappa shape index (κ2) is 8.62. The van der Waals surface area contributed by atoms with Gasteiger partial charge in [-0.1, -0.05) is 59.2 Å². The summed E-state index contributed by atoms with van der Waals surface area (Å²) >= 11 is 13.5. The summed E-state index contributed by atoms with van der Waals surface area (Å²) in [5, 5.41) is 1.83. The molecule has 2 aromatic carbocycles. The molecule has 0 spiro atoms. The molecule has 1 amide bonds. The van der Waals surface area contributed by atoms with Crippen molar-refractivity contribution < 1.29 is 9.53 Å². The largest absolute Gasteiger partial charge is 0.492 e. The highest BCUT2D eigenvalue weighted by molar-refractivity contribution is 8.13. The van der Waals surface area contributed by atoms with Gasteiger partial charge in [-0.3, -0.25) is 9.69 Å². The third kappa shape index (κ3) is 4.41. The number of amidine groups is 1. The van der Waals surface area contributed by atoms with E-state index in [0.717, 1.165) is 5.56 Å². The molecule has 3 rings (SSSR count). The van der Waals surface area contributed by atoms with Crippen molar-refractivity contribution in [1.29, 1.82) is 0 Å². The van der Waals surface area contributed by atoms with Gasteiger partial charge in [-0.05, 0) is 42.2 Å². The Kier molecular flexibility index (Phi) is 6.25. The Morgan fingerprint density at radius 1 is 1.19 bits per heavy atom. The van der Waals surface area contributed by atoms with Gasteiger partial charge in [-0.15, -0.1) is 0 Å². The van der Waals surface area contributed by atoms with Crippen molar-refractivity contribution in [2.24, 2.45) is 4.99 Å². The first kappa shape index (κ1) is 18.8. The van der Waals surface area contributed by atoms with E-state index < -0.39 is 0 Å². The molecule has 0 radical (unpaired) electrons. The van der Waals surface area contributed by atoms with Gasteiger partial charge >= 0.3 is 0 Å². The molecule has 0 saturated heterocycles. The van der Waals surface area contributed by atoms with E-state index in [-0.39, 0.29) is 5.91 Å². The SMILES string of the molecule is CSC1=NC(=Cc2ccccc2Cl)C(=O)N1CCOc1cccc(Cl)c1. The van der Waals surface area contributed by atoms with Gasteiger partial charge in [0.2, 0.25) is 0 Å². The lowest BCUT2D eigenvalue weighted by Gasteiger charge is -2.17. The van der Waals surface area contributed by atoms with Crippen LogP contribution < -0.4 is 4.74 Å². The summed E-state index contributed by atoms with van der Waals surface area (Å²) in [5.74, 6) is 0.502. The monoisotopic (exact) mass is 406 g/mol. The number of aliphatic imine (C=N–C) groups is 1. The van der Waals surface area contributed by atoms with Crippen LogP contribution in [-0.2, 0) is 4.79 Å². The smallest absolute Gasteiger partial charge is 0.278 e. The Morgan fingerprint density at radius 3 is 2.73 bits per heavy atom. The van der Waals surface area contributed by atoms with Gasteiger partial charge < -0.3 is 4.74 Å². The molecule has 0 aliphatic carbocycles. The molecule has 4 nitrogen and oxygen atoms in total. The van der Waals surface area contributed by atoms with Crippen LogP contribution >= 0.6 is 35.0 Å². The minimum absolute atomic E-state index is 0.163. The van der Waals surface area contributed by atoms with Crippen molar-refractivity contribution in [2.45, 2.75) is 0 Å². The molecule has 0 unspecified atom stereocenters. The highest BCUT2D eigenvalue weighted by atomic mass is 35.5. The van der Waals surface area contributed by atoms with Crippen LogP contribution in [0.15, 0.2) is 59.2 Å². The molecule has 1 aliphatic rings. The number of rotatable bonds is 5. The van der Waals surface area contributed by atoms with E-state index in [1.807, 2.05) is 36.6 Å². The van der Waals surface area contributed by atoms with E-state index in [0.29, 0.717) is 39.8 Å². The number of carbonyl (C=O) groups excluding carboxylic acids is 1. The lowest BCUT2D eigenvalue weighted by molar-refractivity contribution is -0.122. The summed E-state index contributed by atoms with van der Waals surface area (Å²) < 4.78 is 5.68. The third-order valence-corrected chi connectivity index (χ3v) is 4.93. The quantitative estimate of drug-likeness (QED) is 0.657. The second-order valence-electron chi connectivity index (χ2n) is 5.41. The Bertz CT molecular complexity index is 883. The molecular formula is C19H16Cl2N2O2S. The van der Waals surface area contributed by atoms with Gasteiger partial charge in [0.05, 0.1) is 6.54 Å². The maximum Gasteiger partial charge on any atom is 0.278 e. The fraction of sp³-hybridized carbons (Fsp3) is 0.158. The lowest BCUT2D eigenvalue weighted by Crippen LogP contribution is -2.34. The van der Waals surface area contributed by atoms with Crippen LogP contribution in [0, 0.1) is 0 Å². The number of halogens is 2. The Hall–Kier alpha value is -1.95. The van der Waals surface area contributed by atoms with Crippen LogP contribution in [0.3, 0.4) is 0 Å². The van der Waals surface area contributed by atoms with Crippen molar-refractivity contribution in [1.82, 2.24) is 4.90 Å². The molecule has 1 heterocycles. The predicted octanol–water partition coefficient (Wildman–Crippen LogP) is 4.97. The normalized spacial score (nSPS) is 15.5. The average Bonchev–Trinajstić information content (AvgIpc) is 2.93. The molecule has 0 aromatic heterocycles. The molecule has 0 atom stereocenters. The number of benzene rings is 2. The Balaban J connectivity index is 1.70. The van der Waals surface area contributed by atoms with E-state index in [4.69, 9.17) is 27.9 Å². The zero-order chi connectivity index (χ0) is 18.5. The minimum atomic E-state index is -0.163. The van der Waals surface area contributed by atoms with E-state index in [9.17, 15) is 4.79 Å². The molecule has 0 saturated carbocycles. The highest BCUT2D eigenvalue weighted by Crippen LogP contribution is 2.25. The van der Waals surface area contributed by atoms with E-state index >= 15 is 0 Å². The summed E-state index contributed by atoms with van der Waals surface area (Å²) in [5.41, 5.74) is 1.13. The van der Waals surface area contributed by atoms with Crippen molar-refractivity contribution in [3.05, 3.63) is 69.8 Å². The van der Waals surface area contributed by atoms with Crippen LogP contribution in [0.5, 0.6) is 5.75 Å². The van der Waals surface area contributed by atoms with Crippen LogP contribution in [0.25, 0.3) is 6.08 Å². The molecule has 0 N–H and O–H groups in total. The van der Waals surface area contributed by atoms with Crippen LogP contribution in [-0.4, -0.2) is 35.4 Å². The fourth-order valence-corrected chi connectivity index (χ4v) is 3.39. The van der Waals surface area contributed by atoms with Gasteiger partial charge in [0.25, 0.3) is 5.91 Å². The van der Waals surface area contributed by atoms with Crippen LogP contribution in [0.2, 0.25) is 10.0 Å². The summed E-state index contributed by atoms with van der Waals surface area (Å²) in [6.07, 6.45) is 3.59. The molecule has 0 fully saturated rings. The molecule has 134 valence electrons. The average molecular weight is 407 g/mol. The van der Waals surface area contributed by atoms with Crippen molar-refractivity contribution in [2.75, 3.05) is 19.4 Å². The summed E-state index contributed by atoms with van der Waals surface area (Å²) in [4.78, 5) is 18.7. The summed E-state index contributed by atoms with van der Waals surface area (Å²) in [6, 6.07) is 14.5. The van der Waals surface area contributed by atoms with Crippen molar-refractivity contribution >= 4 is 52.1 Å². The van der Waals surface area contributed by atoms with E-state index in [1.165, 1.54) is 11.8 Å². The standard InChI is InChI=1S/C19H16Cl2N2O2S/c1-26-19-22-17(11-13-5-2-3-8-16(13)21)18(24)23(19)9-10-25-15-7-4-6-14(20)12-15/h2-8,11-12H,9-10H2,1H3. The van der Waals surface area contributed by atoms with Gasteiger partial charge in [0, 0.05) is 10.0 Å². The fourth-order valence-electron chi connectivity index (χ4n) is 2.43. The number of hydrogen-bond acceptors (Lipinski definition) is 4. The maximum atomic E-state index is 12.7. The summed E-state index contributed by atoms with van der Waals surface area (Å²) in [7, 11) is 0. The highest BCUT2D eigenvalue weighted by Gasteiger charge is 2.29. The first-order valence-electron chi connectivity index (χ1n) is 7.87.